The molecule has 0 bridgehead atoms. The van der Waals surface area contributed by atoms with Gasteiger partial charge in [-0.1, -0.05) is 0 Å². The maximum absolute atomic E-state index is 11.0. The van der Waals surface area contributed by atoms with Gasteiger partial charge >= 0.3 is 5.97 Å². The van der Waals surface area contributed by atoms with Gasteiger partial charge in [-0.15, -0.1) is 0 Å². The Morgan fingerprint density at radius 1 is 1.55 bits per heavy atom. The van der Waals surface area contributed by atoms with Crippen molar-refractivity contribution in [3.8, 4) is 0 Å². The summed E-state index contributed by atoms with van der Waals surface area (Å²) >= 11 is 0. The third kappa shape index (κ3) is 1.70. The van der Waals surface area contributed by atoms with Gasteiger partial charge in [-0.2, -0.15) is 5.06 Å². The van der Waals surface area contributed by atoms with E-state index in [4.69, 9.17) is 4.84 Å². The summed E-state index contributed by atoms with van der Waals surface area (Å²) in [5.74, 6) is -0.204. The first-order valence-corrected chi connectivity index (χ1v) is 3.68. The van der Waals surface area contributed by atoms with Crippen LogP contribution >= 0.6 is 0 Å². The second-order valence-corrected chi connectivity index (χ2v) is 2.50. The van der Waals surface area contributed by atoms with E-state index in [-0.39, 0.29) is 12.0 Å². The van der Waals surface area contributed by atoms with Crippen LogP contribution in [-0.4, -0.2) is 37.8 Å². The standard InChI is InChI=1S/C7H13NO3/c1-10-7(9)6-4-3-5-8(6)11-2/h6H,3-5H2,1-2H3/t6-/m0/s1. The van der Waals surface area contributed by atoms with Crippen LogP contribution in [-0.2, 0) is 14.4 Å². The molecule has 0 amide bonds. The predicted molar refractivity (Wildman–Crippen MR) is 38.8 cm³/mol. The van der Waals surface area contributed by atoms with Crippen LogP contribution in [0, 0.1) is 0 Å². The number of methoxy groups -OCH3 is 1. The molecule has 1 rings (SSSR count). The number of carbonyl (C=O) groups is 1. The molecule has 0 spiro atoms. The molecule has 64 valence electrons. The van der Waals surface area contributed by atoms with Gasteiger partial charge in [-0.05, 0) is 12.8 Å². The lowest BCUT2D eigenvalue weighted by atomic mass is 10.2. The molecule has 1 atom stereocenters. The molecular formula is C7H13NO3. The Hall–Kier alpha value is -0.610. The SMILES string of the molecule is COC(=O)[C@@H]1CCCN1OC. The largest absolute Gasteiger partial charge is 0.468 e. The van der Waals surface area contributed by atoms with E-state index in [9.17, 15) is 4.79 Å². The van der Waals surface area contributed by atoms with Crippen LogP contribution in [0.4, 0.5) is 0 Å². The summed E-state index contributed by atoms with van der Waals surface area (Å²) in [6, 6.07) is -0.190. The topological polar surface area (TPSA) is 38.8 Å². The van der Waals surface area contributed by atoms with Gasteiger partial charge in [0.25, 0.3) is 0 Å². The van der Waals surface area contributed by atoms with Gasteiger partial charge in [0.2, 0.25) is 0 Å². The summed E-state index contributed by atoms with van der Waals surface area (Å²) in [4.78, 5) is 16.0. The minimum Gasteiger partial charge on any atom is -0.468 e. The molecule has 1 saturated heterocycles. The van der Waals surface area contributed by atoms with Crippen molar-refractivity contribution >= 4 is 5.97 Å². The number of esters is 1. The summed E-state index contributed by atoms with van der Waals surface area (Å²) < 4.78 is 4.61. The van der Waals surface area contributed by atoms with Crippen LogP contribution in [0.15, 0.2) is 0 Å². The zero-order valence-electron chi connectivity index (χ0n) is 6.87. The monoisotopic (exact) mass is 159 g/mol. The van der Waals surface area contributed by atoms with Crippen LogP contribution in [0.1, 0.15) is 12.8 Å². The van der Waals surface area contributed by atoms with Crippen molar-refractivity contribution in [3.63, 3.8) is 0 Å². The highest BCUT2D eigenvalue weighted by Crippen LogP contribution is 2.17. The van der Waals surface area contributed by atoms with E-state index in [1.165, 1.54) is 7.11 Å². The first-order valence-electron chi connectivity index (χ1n) is 3.68. The van der Waals surface area contributed by atoms with Crippen LogP contribution in [0.3, 0.4) is 0 Å². The Morgan fingerprint density at radius 2 is 2.27 bits per heavy atom. The first-order chi connectivity index (χ1) is 5.29. The summed E-state index contributed by atoms with van der Waals surface area (Å²) in [6.07, 6.45) is 1.83. The molecule has 1 aliphatic heterocycles. The van der Waals surface area contributed by atoms with E-state index >= 15 is 0 Å². The molecule has 4 nitrogen and oxygen atoms in total. The van der Waals surface area contributed by atoms with Gasteiger partial charge in [-0.3, -0.25) is 4.79 Å². The van der Waals surface area contributed by atoms with Gasteiger partial charge < -0.3 is 9.57 Å². The molecule has 0 radical (unpaired) electrons. The average molecular weight is 159 g/mol. The molecule has 1 heterocycles. The summed E-state index contributed by atoms with van der Waals surface area (Å²) in [5, 5.41) is 1.66. The minimum atomic E-state index is -0.204. The maximum atomic E-state index is 11.0. The molecule has 0 aromatic carbocycles. The normalized spacial score (nSPS) is 25.5. The van der Waals surface area contributed by atoms with E-state index in [0.717, 1.165) is 19.4 Å². The second kappa shape index (κ2) is 3.69. The van der Waals surface area contributed by atoms with Crippen molar-refractivity contribution < 1.29 is 14.4 Å². The van der Waals surface area contributed by atoms with E-state index in [1.807, 2.05) is 0 Å². The lowest BCUT2D eigenvalue weighted by Crippen LogP contribution is -2.35. The third-order valence-corrected chi connectivity index (χ3v) is 1.91. The number of hydrogen-bond donors (Lipinski definition) is 0. The number of hydroxylamine groups is 2. The van der Waals surface area contributed by atoms with Gasteiger partial charge in [0.15, 0.2) is 0 Å². The minimum absolute atomic E-state index is 0.190. The molecule has 1 aliphatic rings. The summed E-state index contributed by atoms with van der Waals surface area (Å²) in [5.41, 5.74) is 0. The Labute approximate surface area is 66.0 Å². The molecule has 0 N–H and O–H groups in total. The zero-order chi connectivity index (χ0) is 8.27. The van der Waals surface area contributed by atoms with Gasteiger partial charge in [0.05, 0.1) is 14.2 Å². The molecule has 4 heteroatoms. The smallest absolute Gasteiger partial charge is 0.325 e. The molecule has 0 saturated carbocycles. The first kappa shape index (κ1) is 8.49. The quantitative estimate of drug-likeness (QED) is 0.539. The molecule has 0 aromatic rings. The lowest BCUT2D eigenvalue weighted by molar-refractivity contribution is -0.175. The molecular weight excluding hydrogens is 146 g/mol. The fraction of sp³-hybridized carbons (Fsp3) is 0.857. The third-order valence-electron chi connectivity index (χ3n) is 1.91. The molecule has 1 fully saturated rings. The van der Waals surface area contributed by atoms with Gasteiger partial charge in [-0.25, -0.2) is 0 Å². The zero-order valence-corrected chi connectivity index (χ0v) is 6.87. The van der Waals surface area contributed by atoms with Crippen molar-refractivity contribution in [2.24, 2.45) is 0 Å². The molecule has 0 aliphatic carbocycles. The predicted octanol–water partition coefficient (Wildman–Crippen LogP) is 0.185. The fourth-order valence-electron chi connectivity index (χ4n) is 1.33. The Bertz CT molecular complexity index is 149. The number of hydrogen-bond acceptors (Lipinski definition) is 4. The summed E-state index contributed by atoms with van der Waals surface area (Å²) in [6.45, 7) is 0.816. The van der Waals surface area contributed by atoms with Crippen LogP contribution in [0.2, 0.25) is 0 Å². The Kier molecular flexibility index (Phi) is 2.84. The van der Waals surface area contributed by atoms with E-state index < -0.39 is 0 Å². The highest BCUT2D eigenvalue weighted by molar-refractivity contribution is 5.75. The van der Waals surface area contributed by atoms with Crippen molar-refractivity contribution in [2.45, 2.75) is 18.9 Å². The number of carbonyl (C=O) groups excluding carboxylic acids is 1. The van der Waals surface area contributed by atoms with Crippen molar-refractivity contribution in [2.75, 3.05) is 20.8 Å². The number of nitrogens with zero attached hydrogens (tertiary/aromatic N) is 1. The molecule has 0 unspecified atom stereocenters. The van der Waals surface area contributed by atoms with Crippen LogP contribution < -0.4 is 0 Å². The Balaban J connectivity index is 2.49. The summed E-state index contributed by atoms with van der Waals surface area (Å²) in [7, 11) is 2.97. The maximum Gasteiger partial charge on any atom is 0.325 e. The average Bonchev–Trinajstić information content (AvgIpc) is 2.50. The van der Waals surface area contributed by atoms with Crippen molar-refractivity contribution in [1.82, 2.24) is 5.06 Å². The number of ether oxygens (including phenoxy) is 1. The molecule has 11 heavy (non-hydrogen) atoms. The van der Waals surface area contributed by atoms with Crippen LogP contribution in [0.25, 0.3) is 0 Å². The van der Waals surface area contributed by atoms with E-state index in [0.29, 0.717) is 0 Å². The van der Waals surface area contributed by atoms with Crippen molar-refractivity contribution in [1.29, 1.82) is 0 Å². The van der Waals surface area contributed by atoms with E-state index in [2.05, 4.69) is 4.74 Å². The van der Waals surface area contributed by atoms with E-state index in [1.54, 1.807) is 12.2 Å². The lowest BCUT2D eigenvalue weighted by Gasteiger charge is -2.18. The highest BCUT2D eigenvalue weighted by atomic mass is 16.7. The van der Waals surface area contributed by atoms with Gasteiger partial charge in [0.1, 0.15) is 6.04 Å². The van der Waals surface area contributed by atoms with Gasteiger partial charge in [0, 0.05) is 6.54 Å². The fourth-order valence-corrected chi connectivity index (χ4v) is 1.33. The Morgan fingerprint density at radius 3 is 2.82 bits per heavy atom. The molecule has 0 aromatic heterocycles. The highest BCUT2D eigenvalue weighted by Gasteiger charge is 2.31. The second-order valence-electron chi connectivity index (χ2n) is 2.50. The van der Waals surface area contributed by atoms with Crippen LogP contribution in [0.5, 0.6) is 0 Å². The van der Waals surface area contributed by atoms with Crippen molar-refractivity contribution in [3.05, 3.63) is 0 Å². The number of rotatable bonds is 2.